The zero-order valence-electron chi connectivity index (χ0n) is 11.7. The molecule has 2 aromatic heterocycles. The van der Waals surface area contributed by atoms with E-state index in [1.165, 1.54) is 30.3 Å². The van der Waals surface area contributed by atoms with Crippen LogP contribution in [0.25, 0.3) is 5.65 Å². The number of tetrazole rings is 1. The van der Waals surface area contributed by atoms with Gasteiger partial charge in [-0.3, -0.25) is 0 Å². The maximum absolute atomic E-state index is 5.95. The Morgan fingerprint density at radius 3 is 3.15 bits per heavy atom. The normalized spacial score (nSPS) is 23.1. The second-order valence-electron chi connectivity index (χ2n) is 5.34. The summed E-state index contributed by atoms with van der Waals surface area (Å²) < 4.78 is 7.36. The molecule has 0 amide bonds. The van der Waals surface area contributed by atoms with E-state index in [1.807, 2.05) is 12.1 Å². The quantitative estimate of drug-likeness (QED) is 0.834. The number of ether oxygens (including phenoxy) is 1. The van der Waals surface area contributed by atoms with E-state index in [9.17, 15) is 0 Å². The highest BCUT2D eigenvalue weighted by Gasteiger charge is 2.21. The van der Waals surface area contributed by atoms with Gasteiger partial charge in [0.15, 0.2) is 5.65 Å². The van der Waals surface area contributed by atoms with Gasteiger partial charge in [-0.25, -0.2) is 0 Å². The van der Waals surface area contributed by atoms with Gasteiger partial charge >= 0.3 is 0 Å². The fraction of sp³-hybridized carbons (Fsp3) is 0.692. The SMILES string of the molecule is C[C@H]1CCCC[C@@H]1OCCNc1ccc2nnnn2n1. The molecule has 20 heavy (non-hydrogen) atoms. The van der Waals surface area contributed by atoms with Crippen molar-refractivity contribution in [3.63, 3.8) is 0 Å². The van der Waals surface area contributed by atoms with Gasteiger partial charge < -0.3 is 10.1 Å². The van der Waals surface area contributed by atoms with Gasteiger partial charge in [-0.2, -0.15) is 0 Å². The molecule has 0 bridgehead atoms. The maximum atomic E-state index is 5.95. The predicted octanol–water partition coefficient (Wildman–Crippen LogP) is 1.53. The lowest BCUT2D eigenvalue weighted by Gasteiger charge is -2.28. The number of anilines is 1. The largest absolute Gasteiger partial charge is 0.376 e. The van der Waals surface area contributed by atoms with Crippen molar-refractivity contribution in [2.45, 2.75) is 38.7 Å². The molecule has 1 aliphatic carbocycles. The van der Waals surface area contributed by atoms with Gasteiger partial charge in [0.25, 0.3) is 0 Å². The van der Waals surface area contributed by atoms with E-state index in [1.54, 1.807) is 0 Å². The summed E-state index contributed by atoms with van der Waals surface area (Å²) in [6, 6.07) is 3.70. The van der Waals surface area contributed by atoms with Crippen LogP contribution >= 0.6 is 0 Å². The summed E-state index contributed by atoms with van der Waals surface area (Å²) in [7, 11) is 0. The molecule has 1 N–H and O–H groups in total. The first-order chi connectivity index (χ1) is 9.83. The molecule has 0 unspecified atom stereocenters. The van der Waals surface area contributed by atoms with Gasteiger partial charge in [-0.15, -0.1) is 14.8 Å². The molecular weight excluding hydrogens is 256 g/mol. The molecule has 1 fully saturated rings. The third kappa shape index (κ3) is 3.04. The Hall–Kier alpha value is -1.76. The average molecular weight is 276 g/mol. The number of hydrogen-bond donors (Lipinski definition) is 1. The van der Waals surface area contributed by atoms with Crippen LogP contribution in [0.5, 0.6) is 0 Å². The molecule has 0 aliphatic heterocycles. The monoisotopic (exact) mass is 276 g/mol. The number of aromatic nitrogens is 5. The van der Waals surface area contributed by atoms with Crippen molar-refractivity contribution in [3.8, 4) is 0 Å². The van der Waals surface area contributed by atoms with Crippen molar-refractivity contribution in [1.29, 1.82) is 0 Å². The van der Waals surface area contributed by atoms with Gasteiger partial charge in [-0.05, 0) is 41.3 Å². The van der Waals surface area contributed by atoms with Crippen LogP contribution in [0.1, 0.15) is 32.6 Å². The van der Waals surface area contributed by atoms with Crippen molar-refractivity contribution in [2.24, 2.45) is 5.92 Å². The molecule has 1 saturated carbocycles. The topological polar surface area (TPSA) is 77.2 Å². The zero-order chi connectivity index (χ0) is 13.8. The predicted molar refractivity (Wildman–Crippen MR) is 74.4 cm³/mol. The molecule has 1 aliphatic rings. The lowest BCUT2D eigenvalue weighted by molar-refractivity contribution is 0.000367. The molecule has 3 rings (SSSR count). The Morgan fingerprint density at radius 2 is 2.25 bits per heavy atom. The standard InChI is InChI=1S/C13H20N6O/c1-10-4-2-3-5-11(10)20-9-8-14-12-6-7-13-15-17-18-19(13)16-12/h6-7,10-11H,2-5,8-9H2,1H3,(H,14,16)/t10-,11-/m0/s1. The fourth-order valence-electron chi connectivity index (χ4n) is 2.66. The van der Waals surface area contributed by atoms with Crippen LogP contribution in [0.15, 0.2) is 12.1 Å². The third-order valence-corrected chi connectivity index (χ3v) is 3.84. The van der Waals surface area contributed by atoms with E-state index in [2.05, 4.69) is 32.9 Å². The highest BCUT2D eigenvalue weighted by Crippen LogP contribution is 2.26. The molecule has 0 radical (unpaired) electrons. The molecular formula is C13H20N6O. The Kier molecular flexibility index (Phi) is 4.05. The zero-order valence-corrected chi connectivity index (χ0v) is 11.7. The fourth-order valence-corrected chi connectivity index (χ4v) is 2.66. The highest BCUT2D eigenvalue weighted by atomic mass is 16.5. The highest BCUT2D eigenvalue weighted by molar-refractivity contribution is 5.41. The van der Waals surface area contributed by atoms with Crippen LogP contribution in [0.3, 0.4) is 0 Å². The summed E-state index contributed by atoms with van der Waals surface area (Å²) in [5.74, 6) is 1.43. The van der Waals surface area contributed by atoms with Crippen LogP contribution < -0.4 is 5.32 Å². The second kappa shape index (κ2) is 6.13. The van der Waals surface area contributed by atoms with Gasteiger partial charge in [0.2, 0.25) is 0 Å². The smallest absolute Gasteiger partial charge is 0.200 e. The summed E-state index contributed by atoms with van der Waals surface area (Å²) >= 11 is 0. The van der Waals surface area contributed by atoms with E-state index >= 15 is 0 Å². The van der Waals surface area contributed by atoms with Gasteiger partial charge in [0.1, 0.15) is 5.82 Å². The Bertz CT molecular complexity index is 557. The van der Waals surface area contributed by atoms with E-state index in [4.69, 9.17) is 4.74 Å². The number of nitrogens with one attached hydrogen (secondary N) is 1. The molecule has 108 valence electrons. The van der Waals surface area contributed by atoms with Crippen LogP contribution in [0, 0.1) is 5.92 Å². The molecule has 7 nitrogen and oxygen atoms in total. The minimum absolute atomic E-state index is 0.417. The van der Waals surface area contributed by atoms with E-state index < -0.39 is 0 Å². The van der Waals surface area contributed by atoms with Crippen molar-refractivity contribution in [3.05, 3.63) is 12.1 Å². The van der Waals surface area contributed by atoms with E-state index in [0.29, 0.717) is 24.3 Å². The number of nitrogens with zero attached hydrogens (tertiary/aromatic N) is 5. The lowest BCUT2D eigenvalue weighted by atomic mass is 9.88. The van der Waals surface area contributed by atoms with Crippen molar-refractivity contribution < 1.29 is 4.74 Å². The molecule has 0 saturated heterocycles. The van der Waals surface area contributed by atoms with Gasteiger partial charge in [0.05, 0.1) is 12.7 Å². The Labute approximate surface area is 117 Å². The molecule has 7 heteroatoms. The first-order valence-corrected chi connectivity index (χ1v) is 7.24. The number of fused-ring (bicyclic) bond motifs is 1. The summed E-state index contributed by atoms with van der Waals surface area (Å²) in [5.41, 5.74) is 0.642. The van der Waals surface area contributed by atoms with E-state index in [-0.39, 0.29) is 0 Å². The molecule has 2 atom stereocenters. The lowest BCUT2D eigenvalue weighted by Crippen LogP contribution is -2.27. The summed E-state index contributed by atoms with van der Waals surface area (Å²) in [4.78, 5) is 0. The van der Waals surface area contributed by atoms with Crippen molar-refractivity contribution in [2.75, 3.05) is 18.5 Å². The van der Waals surface area contributed by atoms with Crippen LogP contribution in [0.4, 0.5) is 5.82 Å². The Morgan fingerprint density at radius 1 is 1.35 bits per heavy atom. The minimum Gasteiger partial charge on any atom is -0.376 e. The first kappa shape index (κ1) is 13.2. The van der Waals surface area contributed by atoms with Crippen LogP contribution in [0.2, 0.25) is 0 Å². The summed E-state index contributed by atoms with van der Waals surface area (Å²) in [5, 5.41) is 18.6. The van der Waals surface area contributed by atoms with Gasteiger partial charge in [-0.1, -0.05) is 19.8 Å². The molecule has 0 spiro atoms. The number of rotatable bonds is 5. The average Bonchev–Trinajstić information content (AvgIpc) is 2.93. The molecule has 2 heterocycles. The van der Waals surface area contributed by atoms with Crippen LogP contribution in [-0.4, -0.2) is 44.5 Å². The summed E-state index contributed by atoms with van der Waals surface area (Å²) in [6.45, 7) is 3.72. The number of hydrogen-bond acceptors (Lipinski definition) is 6. The Balaban J connectivity index is 1.45. The summed E-state index contributed by atoms with van der Waals surface area (Å²) in [6.07, 6.45) is 5.53. The second-order valence-corrected chi connectivity index (χ2v) is 5.34. The third-order valence-electron chi connectivity index (χ3n) is 3.84. The van der Waals surface area contributed by atoms with Gasteiger partial charge in [0, 0.05) is 6.54 Å². The maximum Gasteiger partial charge on any atom is 0.200 e. The minimum atomic E-state index is 0.417. The first-order valence-electron chi connectivity index (χ1n) is 7.24. The van der Waals surface area contributed by atoms with Crippen molar-refractivity contribution >= 4 is 11.5 Å². The van der Waals surface area contributed by atoms with E-state index in [0.717, 1.165) is 12.4 Å². The molecule has 0 aromatic carbocycles. The van der Waals surface area contributed by atoms with Crippen molar-refractivity contribution in [1.82, 2.24) is 25.3 Å². The van der Waals surface area contributed by atoms with Crippen LogP contribution in [-0.2, 0) is 4.74 Å². The molecule has 2 aromatic rings.